The minimum absolute atomic E-state index is 0.856. The molecular formula is C25H40. The van der Waals surface area contributed by atoms with Gasteiger partial charge in [0.1, 0.15) is 0 Å². The molecule has 6 atom stereocenters. The van der Waals surface area contributed by atoms with Gasteiger partial charge in [-0.15, -0.1) is 0 Å². The molecule has 0 aromatic rings. The first kappa shape index (κ1) is 16.9. The summed E-state index contributed by atoms with van der Waals surface area (Å²) in [6.07, 6.45) is 25.5. The number of allylic oxidation sites excluding steroid dienone is 2. The maximum Gasteiger partial charge on any atom is -0.0197 e. The molecule has 0 aromatic heterocycles. The molecule has 4 saturated carbocycles. The van der Waals surface area contributed by atoms with Gasteiger partial charge in [0.15, 0.2) is 0 Å². The van der Waals surface area contributed by atoms with Crippen LogP contribution in [-0.2, 0) is 0 Å². The first-order valence-electron chi connectivity index (χ1n) is 12.0. The standard InChI is InChI=1S/C25H40/c1-17-7-8-21(13-17)25-16-22-14-23(25)15-24(22)20-11-9-19(10-12-20)18-5-3-2-4-6-18/h7-8,17-25H,2-6,9-16H2,1H3. The normalized spacial score (nSPS) is 50.6. The second kappa shape index (κ2) is 7.05. The zero-order valence-corrected chi connectivity index (χ0v) is 16.5. The number of hydrogen-bond acceptors (Lipinski definition) is 0. The third kappa shape index (κ3) is 3.25. The van der Waals surface area contributed by atoms with Gasteiger partial charge < -0.3 is 0 Å². The smallest absolute Gasteiger partial charge is 0.0197 e. The Kier molecular flexibility index (Phi) is 4.76. The van der Waals surface area contributed by atoms with Crippen LogP contribution in [0.4, 0.5) is 0 Å². The molecule has 4 fully saturated rings. The third-order valence-electron chi connectivity index (χ3n) is 9.59. The summed E-state index contributed by atoms with van der Waals surface area (Å²) < 4.78 is 0. The van der Waals surface area contributed by atoms with E-state index in [1.165, 1.54) is 25.7 Å². The van der Waals surface area contributed by atoms with Crippen molar-refractivity contribution in [3.05, 3.63) is 12.2 Å². The molecule has 140 valence electrons. The lowest BCUT2D eigenvalue weighted by Gasteiger charge is -2.41. The Morgan fingerprint density at radius 2 is 1.16 bits per heavy atom. The van der Waals surface area contributed by atoms with Crippen molar-refractivity contribution >= 4 is 0 Å². The Hall–Kier alpha value is -0.260. The lowest BCUT2D eigenvalue weighted by Crippen LogP contribution is -2.31. The molecule has 5 aliphatic rings. The molecule has 0 amide bonds. The van der Waals surface area contributed by atoms with E-state index in [-0.39, 0.29) is 0 Å². The van der Waals surface area contributed by atoms with Gasteiger partial charge in [-0.1, -0.05) is 51.2 Å². The Morgan fingerprint density at radius 3 is 1.80 bits per heavy atom. The van der Waals surface area contributed by atoms with E-state index < -0.39 is 0 Å². The van der Waals surface area contributed by atoms with Gasteiger partial charge in [0.25, 0.3) is 0 Å². The van der Waals surface area contributed by atoms with Crippen LogP contribution in [0.5, 0.6) is 0 Å². The second-order valence-electron chi connectivity index (χ2n) is 10.9. The van der Waals surface area contributed by atoms with Crippen molar-refractivity contribution < 1.29 is 0 Å². The minimum atomic E-state index is 0.856. The van der Waals surface area contributed by atoms with E-state index in [0.29, 0.717) is 0 Å². The molecular weight excluding hydrogens is 300 g/mol. The largest absolute Gasteiger partial charge is 0.0854 e. The zero-order valence-electron chi connectivity index (χ0n) is 16.5. The molecule has 0 saturated heterocycles. The van der Waals surface area contributed by atoms with Gasteiger partial charge in [-0.25, -0.2) is 0 Å². The summed E-state index contributed by atoms with van der Waals surface area (Å²) in [6.45, 7) is 2.41. The van der Waals surface area contributed by atoms with Gasteiger partial charge in [-0.05, 0) is 105 Å². The first-order chi connectivity index (χ1) is 12.3. The Morgan fingerprint density at radius 1 is 0.520 bits per heavy atom. The van der Waals surface area contributed by atoms with Crippen molar-refractivity contribution in [1.29, 1.82) is 0 Å². The van der Waals surface area contributed by atoms with E-state index in [0.717, 1.165) is 53.3 Å². The minimum Gasteiger partial charge on any atom is -0.0854 e. The molecule has 5 aliphatic carbocycles. The van der Waals surface area contributed by atoms with Crippen LogP contribution in [-0.4, -0.2) is 0 Å². The van der Waals surface area contributed by atoms with Crippen LogP contribution >= 0.6 is 0 Å². The summed E-state index contributed by atoms with van der Waals surface area (Å²) in [5, 5.41) is 0. The molecule has 0 aliphatic heterocycles. The maximum atomic E-state index is 2.60. The highest BCUT2D eigenvalue weighted by molar-refractivity contribution is 5.08. The summed E-state index contributed by atoms with van der Waals surface area (Å²) in [5.74, 6) is 9.60. The average molecular weight is 341 g/mol. The van der Waals surface area contributed by atoms with Crippen LogP contribution in [0.1, 0.15) is 90.4 Å². The molecule has 0 nitrogen and oxygen atoms in total. The summed E-state index contributed by atoms with van der Waals surface area (Å²) in [4.78, 5) is 0. The lowest BCUT2D eigenvalue weighted by atomic mass is 9.64. The molecule has 5 rings (SSSR count). The van der Waals surface area contributed by atoms with Crippen LogP contribution in [0.3, 0.4) is 0 Å². The number of rotatable bonds is 3. The van der Waals surface area contributed by atoms with Gasteiger partial charge in [-0.3, -0.25) is 0 Å². The predicted octanol–water partition coefficient (Wildman–Crippen LogP) is 7.25. The quantitative estimate of drug-likeness (QED) is 0.475. The van der Waals surface area contributed by atoms with Gasteiger partial charge >= 0.3 is 0 Å². The molecule has 0 spiro atoms. The van der Waals surface area contributed by atoms with Crippen molar-refractivity contribution in [2.45, 2.75) is 90.4 Å². The molecule has 0 N–H and O–H groups in total. The summed E-state index contributed by atoms with van der Waals surface area (Å²) in [5.41, 5.74) is 0. The fourth-order valence-corrected chi connectivity index (χ4v) is 8.35. The SMILES string of the molecule is CC1C=CC(C2CC3CC2CC3C2CCC(C3CCCCC3)CC2)C1. The molecule has 0 heteroatoms. The lowest BCUT2D eigenvalue weighted by molar-refractivity contribution is 0.0978. The van der Waals surface area contributed by atoms with E-state index in [1.807, 2.05) is 0 Å². The van der Waals surface area contributed by atoms with Crippen LogP contribution in [0, 0.1) is 53.3 Å². The van der Waals surface area contributed by atoms with Crippen LogP contribution in [0.25, 0.3) is 0 Å². The van der Waals surface area contributed by atoms with Crippen molar-refractivity contribution in [3.63, 3.8) is 0 Å². The third-order valence-corrected chi connectivity index (χ3v) is 9.59. The molecule has 2 bridgehead atoms. The zero-order chi connectivity index (χ0) is 16.8. The summed E-state index contributed by atoms with van der Waals surface area (Å²) in [7, 11) is 0. The Bertz CT molecular complexity index is 476. The molecule has 25 heavy (non-hydrogen) atoms. The molecule has 0 heterocycles. The van der Waals surface area contributed by atoms with Crippen LogP contribution in [0.15, 0.2) is 12.2 Å². The molecule has 6 unspecified atom stereocenters. The molecule has 0 aromatic carbocycles. The summed E-state index contributed by atoms with van der Waals surface area (Å²) >= 11 is 0. The highest BCUT2D eigenvalue weighted by Gasteiger charge is 2.50. The molecule has 0 radical (unpaired) electrons. The van der Waals surface area contributed by atoms with Gasteiger partial charge in [0, 0.05) is 0 Å². The van der Waals surface area contributed by atoms with Crippen molar-refractivity contribution in [1.82, 2.24) is 0 Å². The van der Waals surface area contributed by atoms with Crippen molar-refractivity contribution in [2.75, 3.05) is 0 Å². The second-order valence-corrected chi connectivity index (χ2v) is 10.9. The van der Waals surface area contributed by atoms with Gasteiger partial charge in [0.05, 0.1) is 0 Å². The van der Waals surface area contributed by atoms with E-state index in [1.54, 1.807) is 57.8 Å². The predicted molar refractivity (Wildman–Crippen MR) is 106 cm³/mol. The highest BCUT2D eigenvalue weighted by Crippen LogP contribution is 2.59. The summed E-state index contributed by atoms with van der Waals surface area (Å²) in [6, 6.07) is 0. The fourth-order valence-electron chi connectivity index (χ4n) is 8.35. The van der Waals surface area contributed by atoms with Crippen molar-refractivity contribution in [2.24, 2.45) is 53.3 Å². The van der Waals surface area contributed by atoms with E-state index >= 15 is 0 Å². The van der Waals surface area contributed by atoms with Crippen molar-refractivity contribution in [3.8, 4) is 0 Å². The average Bonchev–Trinajstić information content (AvgIpc) is 3.38. The van der Waals surface area contributed by atoms with Gasteiger partial charge in [-0.2, -0.15) is 0 Å². The highest BCUT2D eigenvalue weighted by atomic mass is 14.6. The number of hydrogen-bond donors (Lipinski definition) is 0. The first-order valence-corrected chi connectivity index (χ1v) is 12.0. The van der Waals surface area contributed by atoms with Crippen LogP contribution in [0.2, 0.25) is 0 Å². The maximum absolute atomic E-state index is 2.60. The Labute approximate surface area is 156 Å². The topological polar surface area (TPSA) is 0 Å². The fraction of sp³-hybridized carbons (Fsp3) is 0.920. The van der Waals surface area contributed by atoms with Gasteiger partial charge in [0.2, 0.25) is 0 Å². The monoisotopic (exact) mass is 340 g/mol. The Balaban J connectivity index is 1.13. The number of fused-ring (bicyclic) bond motifs is 2. The van der Waals surface area contributed by atoms with E-state index in [9.17, 15) is 0 Å². The van der Waals surface area contributed by atoms with Crippen LogP contribution < -0.4 is 0 Å². The van der Waals surface area contributed by atoms with E-state index in [4.69, 9.17) is 0 Å². The van der Waals surface area contributed by atoms with E-state index in [2.05, 4.69) is 19.1 Å².